The van der Waals surface area contributed by atoms with Crippen LogP contribution in [0.4, 0.5) is 4.39 Å². The van der Waals surface area contributed by atoms with E-state index >= 15 is 0 Å². The van der Waals surface area contributed by atoms with E-state index in [1.807, 2.05) is 0 Å². The Kier molecular flexibility index (Phi) is 6.47. The molecule has 1 aromatic rings. The molecule has 0 saturated carbocycles. The average molecular weight is 294 g/mol. The number of piperidine rings is 1. The molecule has 2 rings (SSSR count). The number of hydrogen-bond donors (Lipinski definition) is 2. The van der Waals surface area contributed by atoms with E-state index in [9.17, 15) is 9.18 Å². The van der Waals surface area contributed by atoms with Crippen LogP contribution < -0.4 is 15.4 Å². The first kappa shape index (κ1) is 15.8. The SMILES string of the molecule is O=C(CCOc1ccccc1F)NCCC1CCCNC1. The van der Waals surface area contributed by atoms with Crippen molar-refractivity contribution in [2.24, 2.45) is 5.92 Å². The number of benzene rings is 1. The summed E-state index contributed by atoms with van der Waals surface area (Å²) in [6.45, 7) is 3.05. The molecule has 116 valence electrons. The standard InChI is InChI=1S/C16H23FN2O2/c17-14-5-1-2-6-15(14)21-11-8-16(20)19-10-7-13-4-3-9-18-12-13/h1-2,5-6,13,18H,3-4,7-12H2,(H,19,20). The summed E-state index contributed by atoms with van der Waals surface area (Å²) in [4.78, 5) is 11.7. The maximum atomic E-state index is 13.3. The number of carbonyl (C=O) groups is 1. The van der Waals surface area contributed by atoms with Crippen LogP contribution in [0, 0.1) is 11.7 Å². The molecule has 2 N–H and O–H groups in total. The third kappa shape index (κ3) is 5.71. The number of hydrogen-bond acceptors (Lipinski definition) is 3. The second kappa shape index (κ2) is 8.62. The van der Waals surface area contributed by atoms with Crippen LogP contribution in [0.1, 0.15) is 25.7 Å². The van der Waals surface area contributed by atoms with Crippen molar-refractivity contribution in [2.75, 3.05) is 26.2 Å². The van der Waals surface area contributed by atoms with Gasteiger partial charge in [-0.2, -0.15) is 0 Å². The van der Waals surface area contributed by atoms with E-state index < -0.39 is 5.82 Å². The zero-order valence-corrected chi connectivity index (χ0v) is 12.2. The minimum absolute atomic E-state index is 0.0462. The van der Waals surface area contributed by atoms with E-state index in [1.54, 1.807) is 18.2 Å². The van der Waals surface area contributed by atoms with E-state index in [4.69, 9.17) is 4.74 Å². The Hall–Kier alpha value is -1.62. The van der Waals surface area contributed by atoms with Crippen LogP contribution >= 0.6 is 0 Å². The summed E-state index contributed by atoms with van der Waals surface area (Å²) in [5, 5.41) is 6.25. The van der Waals surface area contributed by atoms with E-state index in [-0.39, 0.29) is 24.7 Å². The zero-order valence-electron chi connectivity index (χ0n) is 12.2. The number of nitrogens with one attached hydrogen (secondary N) is 2. The second-order valence-electron chi connectivity index (χ2n) is 5.38. The fourth-order valence-electron chi connectivity index (χ4n) is 2.49. The summed E-state index contributed by atoms with van der Waals surface area (Å²) in [5.74, 6) is 0.408. The minimum atomic E-state index is -0.400. The molecule has 21 heavy (non-hydrogen) atoms. The van der Waals surface area contributed by atoms with Crippen molar-refractivity contribution < 1.29 is 13.9 Å². The van der Waals surface area contributed by atoms with Gasteiger partial charge in [0.25, 0.3) is 0 Å². The molecule has 0 aromatic heterocycles. The van der Waals surface area contributed by atoms with Crippen LogP contribution in [0.2, 0.25) is 0 Å². The van der Waals surface area contributed by atoms with Gasteiger partial charge in [-0.15, -0.1) is 0 Å². The summed E-state index contributed by atoms with van der Waals surface area (Å²) in [6, 6.07) is 6.21. The highest BCUT2D eigenvalue weighted by Crippen LogP contribution is 2.15. The number of ether oxygens (including phenoxy) is 1. The van der Waals surface area contributed by atoms with Gasteiger partial charge in [-0.05, 0) is 50.4 Å². The zero-order chi connectivity index (χ0) is 14.9. The van der Waals surface area contributed by atoms with Gasteiger partial charge in [0.2, 0.25) is 5.91 Å². The molecule has 5 heteroatoms. The number of para-hydroxylation sites is 1. The predicted octanol–water partition coefficient (Wildman–Crippen LogP) is 2.10. The van der Waals surface area contributed by atoms with Gasteiger partial charge in [0, 0.05) is 6.54 Å². The highest BCUT2D eigenvalue weighted by atomic mass is 19.1. The lowest BCUT2D eigenvalue weighted by molar-refractivity contribution is -0.121. The molecule has 1 aliphatic rings. The molecule has 1 saturated heterocycles. The van der Waals surface area contributed by atoms with Gasteiger partial charge >= 0.3 is 0 Å². The largest absolute Gasteiger partial charge is 0.490 e. The van der Waals surface area contributed by atoms with Gasteiger partial charge in [0.05, 0.1) is 13.0 Å². The van der Waals surface area contributed by atoms with Gasteiger partial charge < -0.3 is 15.4 Å². The number of carbonyl (C=O) groups excluding carboxylic acids is 1. The topological polar surface area (TPSA) is 50.4 Å². The molecule has 1 heterocycles. The normalized spacial score (nSPS) is 18.2. The first-order chi connectivity index (χ1) is 10.3. The molecule has 1 unspecified atom stereocenters. The van der Waals surface area contributed by atoms with E-state index in [2.05, 4.69) is 10.6 Å². The summed E-state index contributed by atoms with van der Waals surface area (Å²) >= 11 is 0. The Morgan fingerprint density at radius 2 is 2.29 bits per heavy atom. The Balaban J connectivity index is 1.56. The van der Waals surface area contributed by atoms with Crippen molar-refractivity contribution >= 4 is 5.91 Å². The van der Waals surface area contributed by atoms with Crippen LogP contribution in [-0.4, -0.2) is 32.1 Å². The molecule has 0 spiro atoms. The van der Waals surface area contributed by atoms with E-state index in [0.29, 0.717) is 12.5 Å². The Morgan fingerprint density at radius 3 is 3.05 bits per heavy atom. The summed E-state index contributed by atoms with van der Waals surface area (Å²) in [6.07, 6.45) is 3.71. The molecule has 0 bridgehead atoms. The van der Waals surface area contributed by atoms with Crippen molar-refractivity contribution in [3.63, 3.8) is 0 Å². The third-order valence-electron chi connectivity index (χ3n) is 3.70. The summed E-state index contributed by atoms with van der Waals surface area (Å²) in [5.41, 5.74) is 0. The molecule has 0 aliphatic carbocycles. The molecular weight excluding hydrogens is 271 g/mol. The average Bonchev–Trinajstić information content (AvgIpc) is 2.50. The van der Waals surface area contributed by atoms with Crippen LogP contribution in [-0.2, 0) is 4.79 Å². The number of halogens is 1. The summed E-state index contributed by atoms with van der Waals surface area (Å²) < 4.78 is 18.5. The number of rotatable bonds is 7. The van der Waals surface area contributed by atoms with Crippen LogP contribution in [0.5, 0.6) is 5.75 Å². The Bertz CT molecular complexity index is 448. The maximum absolute atomic E-state index is 13.3. The highest BCUT2D eigenvalue weighted by Gasteiger charge is 2.12. The molecule has 1 aliphatic heterocycles. The molecule has 4 nitrogen and oxygen atoms in total. The summed E-state index contributed by atoms with van der Waals surface area (Å²) in [7, 11) is 0. The lowest BCUT2D eigenvalue weighted by atomic mass is 9.96. The van der Waals surface area contributed by atoms with Crippen LogP contribution in [0.25, 0.3) is 0 Å². The maximum Gasteiger partial charge on any atom is 0.223 e. The lowest BCUT2D eigenvalue weighted by Gasteiger charge is -2.22. The molecule has 1 atom stereocenters. The van der Waals surface area contributed by atoms with Crippen molar-refractivity contribution in [1.82, 2.24) is 10.6 Å². The first-order valence-corrected chi connectivity index (χ1v) is 7.60. The Morgan fingerprint density at radius 1 is 1.43 bits per heavy atom. The molecule has 0 radical (unpaired) electrons. The molecule has 1 aromatic carbocycles. The van der Waals surface area contributed by atoms with E-state index in [1.165, 1.54) is 18.9 Å². The molecule has 1 amide bonds. The predicted molar refractivity (Wildman–Crippen MR) is 79.7 cm³/mol. The second-order valence-corrected chi connectivity index (χ2v) is 5.38. The van der Waals surface area contributed by atoms with Crippen molar-refractivity contribution in [3.05, 3.63) is 30.1 Å². The quantitative estimate of drug-likeness (QED) is 0.810. The van der Waals surface area contributed by atoms with Gasteiger partial charge in [-0.25, -0.2) is 4.39 Å². The number of amides is 1. The van der Waals surface area contributed by atoms with Crippen molar-refractivity contribution in [2.45, 2.75) is 25.7 Å². The molecule has 1 fully saturated rings. The van der Waals surface area contributed by atoms with Gasteiger partial charge in [0.1, 0.15) is 0 Å². The van der Waals surface area contributed by atoms with Gasteiger partial charge in [-0.3, -0.25) is 4.79 Å². The fraction of sp³-hybridized carbons (Fsp3) is 0.562. The van der Waals surface area contributed by atoms with Crippen molar-refractivity contribution in [3.8, 4) is 5.75 Å². The van der Waals surface area contributed by atoms with E-state index in [0.717, 1.165) is 19.5 Å². The smallest absolute Gasteiger partial charge is 0.223 e. The first-order valence-electron chi connectivity index (χ1n) is 7.60. The molecular formula is C16H23FN2O2. The lowest BCUT2D eigenvalue weighted by Crippen LogP contribution is -2.33. The fourth-order valence-corrected chi connectivity index (χ4v) is 2.49. The van der Waals surface area contributed by atoms with Crippen LogP contribution in [0.3, 0.4) is 0 Å². The van der Waals surface area contributed by atoms with Crippen LogP contribution in [0.15, 0.2) is 24.3 Å². The third-order valence-corrected chi connectivity index (χ3v) is 3.70. The Labute approximate surface area is 125 Å². The minimum Gasteiger partial charge on any atom is -0.490 e. The van der Waals surface area contributed by atoms with Gasteiger partial charge in [0.15, 0.2) is 11.6 Å². The van der Waals surface area contributed by atoms with Gasteiger partial charge in [-0.1, -0.05) is 12.1 Å². The van der Waals surface area contributed by atoms with Crippen molar-refractivity contribution in [1.29, 1.82) is 0 Å². The monoisotopic (exact) mass is 294 g/mol. The highest BCUT2D eigenvalue weighted by molar-refractivity contribution is 5.75.